The second-order valence-electron chi connectivity index (χ2n) is 7.82. The summed E-state index contributed by atoms with van der Waals surface area (Å²) in [6.45, 7) is 4.51. The van der Waals surface area contributed by atoms with E-state index in [1.807, 2.05) is 0 Å². The van der Waals surface area contributed by atoms with Gasteiger partial charge in [-0.1, -0.05) is 0 Å². The molecule has 0 spiro atoms. The van der Waals surface area contributed by atoms with Crippen LogP contribution >= 0.6 is 0 Å². The largest absolute Gasteiger partial charge is 0.673 e. The number of hydrogen-bond donors (Lipinski definition) is 0. The van der Waals surface area contributed by atoms with Crippen molar-refractivity contribution < 1.29 is 36.0 Å². The van der Waals surface area contributed by atoms with Crippen molar-refractivity contribution >= 4 is 19.0 Å². The molecule has 5 nitrogen and oxygen atoms in total. The molecule has 10 heteroatoms. The smallest absolute Gasteiger partial charge is 0.493 e. The average molecular weight is 460 g/mol. The van der Waals surface area contributed by atoms with Gasteiger partial charge in [-0.2, -0.15) is 0 Å². The van der Waals surface area contributed by atoms with Gasteiger partial charge in [0.15, 0.2) is 17.7 Å². The molecule has 2 aliphatic heterocycles. The third-order valence-electron chi connectivity index (χ3n) is 5.42. The van der Waals surface area contributed by atoms with E-state index in [0.29, 0.717) is 17.2 Å². The van der Waals surface area contributed by atoms with Gasteiger partial charge in [-0.15, -0.1) is 0 Å². The predicted octanol–water partition coefficient (Wildman–Crippen LogP) is 5.11. The Bertz CT molecular complexity index is 755. The van der Waals surface area contributed by atoms with Gasteiger partial charge < -0.3 is 36.4 Å². The van der Waals surface area contributed by atoms with E-state index in [1.165, 1.54) is 44.1 Å². The van der Waals surface area contributed by atoms with Crippen molar-refractivity contribution in [3.8, 4) is 17.2 Å². The highest BCUT2D eigenvalue weighted by Crippen LogP contribution is 2.39. The molecule has 0 atom stereocenters. The zero-order valence-corrected chi connectivity index (χ0v) is 19.1. The van der Waals surface area contributed by atoms with Crippen LogP contribution in [0.2, 0.25) is 0 Å². The summed E-state index contributed by atoms with van der Waals surface area (Å²) >= 11 is 0. The molecule has 0 bridgehead atoms. The Morgan fingerprint density at radius 1 is 0.844 bits per heavy atom. The van der Waals surface area contributed by atoms with Crippen LogP contribution in [0.25, 0.3) is 5.57 Å². The summed E-state index contributed by atoms with van der Waals surface area (Å²) in [5, 5.41) is 0. The fraction of sp³-hybridized carbons (Fsp3) is 0.591. The first-order valence-electron chi connectivity index (χ1n) is 11.0. The zero-order valence-electron chi connectivity index (χ0n) is 19.1. The lowest BCUT2D eigenvalue weighted by Gasteiger charge is -2.26. The molecule has 2 fully saturated rings. The number of ether oxygens (including phenoxy) is 3. The monoisotopic (exact) mass is 460 g/mol. The number of benzene rings is 1. The standard InChI is InChI=1S/C22H33N2O3.BF4/c1-25-20-14-18(15-21(26-2)22(20)27-3)19(16-23-10-6-4-7-11-23)17-24-12-8-5-9-13-24;2-1(3,4)5/h14-17H,4-13H2,1-3H3;/q+1;-1. The van der Waals surface area contributed by atoms with E-state index in [0.717, 1.165) is 31.7 Å². The normalized spacial score (nSPS) is 17.3. The van der Waals surface area contributed by atoms with Gasteiger partial charge in [0.25, 0.3) is 0 Å². The van der Waals surface area contributed by atoms with Gasteiger partial charge in [-0.3, -0.25) is 0 Å². The van der Waals surface area contributed by atoms with Crippen molar-refractivity contribution in [2.75, 3.05) is 47.5 Å². The molecule has 0 radical (unpaired) electrons. The number of rotatable bonds is 6. The van der Waals surface area contributed by atoms with Crippen LogP contribution in [0.4, 0.5) is 17.3 Å². The molecule has 0 N–H and O–H groups in total. The van der Waals surface area contributed by atoms with Gasteiger partial charge in [0, 0.05) is 32.1 Å². The molecule has 0 amide bonds. The zero-order chi connectivity index (χ0) is 23.6. The molecule has 0 aliphatic carbocycles. The quantitative estimate of drug-likeness (QED) is 0.336. The number of halogens is 4. The first kappa shape index (κ1) is 25.9. The van der Waals surface area contributed by atoms with E-state index < -0.39 is 7.25 Å². The molecule has 180 valence electrons. The second-order valence-corrected chi connectivity index (χ2v) is 7.82. The summed E-state index contributed by atoms with van der Waals surface area (Å²) in [6.07, 6.45) is 12.4. The number of methoxy groups -OCH3 is 3. The molecule has 1 aromatic carbocycles. The minimum absolute atomic E-state index is 0.638. The van der Waals surface area contributed by atoms with Crippen LogP contribution in [-0.4, -0.2) is 70.5 Å². The van der Waals surface area contributed by atoms with E-state index in [-0.39, 0.29) is 0 Å². The molecule has 2 aliphatic rings. The Hall–Kier alpha value is -2.39. The van der Waals surface area contributed by atoms with Crippen molar-refractivity contribution in [3.63, 3.8) is 0 Å². The van der Waals surface area contributed by atoms with Crippen LogP contribution in [0, 0.1) is 0 Å². The summed E-state index contributed by atoms with van der Waals surface area (Å²) in [6, 6.07) is 4.11. The lowest BCUT2D eigenvalue weighted by atomic mass is 10.0. The van der Waals surface area contributed by atoms with E-state index in [1.54, 1.807) is 21.3 Å². The second kappa shape index (κ2) is 12.6. The van der Waals surface area contributed by atoms with Crippen molar-refractivity contribution in [1.82, 2.24) is 4.90 Å². The molecule has 3 rings (SSSR count). The van der Waals surface area contributed by atoms with Gasteiger partial charge in [0.1, 0.15) is 13.1 Å². The molecular formula is C22H33BF4N2O3. The molecule has 0 aromatic heterocycles. The number of piperidine rings is 2. The summed E-state index contributed by atoms with van der Waals surface area (Å²) in [5.74, 6) is 2.03. The number of nitrogens with zero attached hydrogens (tertiary/aromatic N) is 2. The highest BCUT2D eigenvalue weighted by Gasteiger charge is 2.21. The van der Waals surface area contributed by atoms with Crippen molar-refractivity contribution in [2.45, 2.75) is 38.5 Å². The minimum atomic E-state index is -6.00. The summed E-state index contributed by atoms with van der Waals surface area (Å²) in [7, 11) is -1.02. The summed E-state index contributed by atoms with van der Waals surface area (Å²) in [5.41, 5.74) is 2.30. The Labute approximate surface area is 187 Å². The van der Waals surface area contributed by atoms with Crippen LogP contribution in [0.15, 0.2) is 18.3 Å². The van der Waals surface area contributed by atoms with E-state index in [9.17, 15) is 17.3 Å². The number of likely N-dealkylation sites (tertiary alicyclic amines) is 1. The van der Waals surface area contributed by atoms with E-state index >= 15 is 0 Å². The third-order valence-corrected chi connectivity index (χ3v) is 5.42. The van der Waals surface area contributed by atoms with E-state index in [2.05, 4.69) is 34.0 Å². The third kappa shape index (κ3) is 8.63. The fourth-order valence-corrected chi connectivity index (χ4v) is 3.92. The first-order valence-corrected chi connectivity index (χ1v) is 11.0. The first-order chi connectivity index (χ1) is 15.2. The molecule has 0 saturated carbocycles. The maximum atomic E-state index is 9.75. The average Bonchev–Trinajstić information content (AvgIpc) is 2.78. The summed E-state index contributed by atoms with van der Waals surface area (Å²) < 4.78 is 58.1. The molecular weight excluding hydrogens is 427 g/mol. The topological polar surface area (TPSA) is 33.9 Å². The predicted molar refractivity (Wildman–Crippen MR) is 120 cm³/mol. The van der Waals surface area contributed by atoms with Gasteiger partial charge in [-0.05, 0) is 43.4 Å². The van der Waals surface area contributed by atoms with Crippen molar-refractivity contribution in [3.05, 3.63) is 23.9 Å². The molecule has 2 heterocycles. The number of allylic oxidation sites excluding steroid dienone is 1. The van der Waals surface area contributed by atoms with E-state index in [4.69, 9.17) is 14.2 Å². The van der Waals surface area contributed by atoms with Crippen molar-refractivity contribution in [2.24, 2.45) is 0 Å². The van der Waals surface area contributed by atoms with Crippen LogP contribution in [0.5, 0.6) is 17.2 Å². The SMILES string of the molecule is COc1cc(/C(C=[N+]2CCCCC2)=C\N2CCCCC2)cc(OC)c1OC.F[B-](F)(F)F. The fourth-order valence-electron chi connectivity index (χ4n) is 3.92. The summed E-state index contributed by atoms with van der Waals surface area (Å²) in [4.78, 5) is 2.45. The van der Waals surface area contributed by atoms with Gasteiger partial charge in [-0.25, -0.2) is 4.58 Å². The van der Waals surface area contributed by atoms with Crippen LogP contribution < -0.4 is 14.2 Å². The lowest BCUT2D eigenvalue weighted by Crippen LogP contribution is -2.26. The Balaban J connectivity index is 0.000000654. The maximum absolute atomic E-state index is 9.75. The highest BCUT2D eigenvalue weighted by molar-refractivity contribution is 6.50. The van der Waals surface area contributed by atoms with Gasteiger partial charge in [0.2, 0.25) is 5.75 Å². The minimum Gasteiger partial charge on any atom is -0.493 e. The Morgan fingerprint density at radius 3 is 1.81 bits per heavy atom. The molecule has 2 saturated heterocycles. The number of hydrogen-bond acceptors (Lipinski definition) is 4. The molecule has 32 heavy (non-hydrogen) atoms. The lowest BCUT2D eigenvalue weighted by molar-refractivity contribution is -0.531. The van der Waals surface area contributed by atoms with Crippen LogP contribution in [0.3, 0.4) is 0 Å². The van der Waals surface area contributed by atoms with Gasteiger partial charge >= 0.3 is 7.25 Å². The molecule has 1 aromatic rings. The van der Waals surface area contributed by atoms with Crippen LogP contribution in [0.1, 0.15) is 44.1 Å². The Morgan fingerprint density at radius 2 is 1.34 bits per heavy atom. The maximum Gasteiger partial charge on any atom is 0.673 e. The van der Waals surface area contributed by atoms with Crippen LogP contribution in [-0.2, 0) is 0 Å². The van der Waals surface area contributed by atoms with Gasteiger partial charge in [0.05, 0.1) is 26.9 Å². The highest BCUT2D eigenvalue weighted by atomic mass is 19.5. The molecule has 0 unspecified atom stereocenters. The van der Waals surface area contributed by atoms with Crippen molar-refractivity contribution in [1.29, 1.82) is 0 Å². The Kier molecular flexibility index (Phi) is 10.2.